The number of hydrogen-bond donors (Lipinski definition) is 2. The van der Waals surface area contributed by atoms with Crippen molar-refractivity contribution in [3.05, 3.63) is 46.0 Å². The van der Waals surface area contributed by atoms with Crippen LogP contribution in [0.2, 0.25) is 0 Å². The molecule has 2 saturated carbocycles. The van der Waals surface area contributed by atoms with Gasteiger partial charge in [0.15, 0.2) is 0 Å². The zero-order chi connectivity index (χ0) is 40.6. The number of aromatic nitrogens is 4. The summed E-state index contributed by atoms with van der Waals surface area (Å²) in [5, 5.41) is 6.59. The zero-order valence-electron chi connectivity index (χ0n) is 34.3. The van der Waals surface area contributed by atoms with Crippen molar-refractivity contribution in [1.82, 2.24) is 33.6 Å². The molecular weight excluding hydrogens is 755 g/mol. The van der Waals surface area contributed by atoms with Gasteiger partial charge in [-0.2, -0.15) is 4.98 Å². The van der Waals surface area contributed by atoms with Gasteiger partial charge in [0.05, 0.1) is 22.5 Å². The third-order valence-corrected chi connectivity index (χ3v) is 14.9. The number of carbonyl (C=O) groups is 4. The van der Waals surface area contributed by atoms with Crippen molar-refractivity contribution in [3.63, 3.8) is 0 Å². The van der Waals surface area contributed by atoms with Crippen LogP contribution in [0.3, 0.4) is 0 Å². The van der Waals surface area contributed by atoms with Crippen LogP contribution < -0.4 is 21.2 Å². The number of amides is 3. The number of rotatable bonds is 16. The number of fused-ring (bicyclic) bond motifs is 3. The molecule has 0 radical (unpaired) electrons. The van der Waals surface area contributed by atoms with E-state index in [4.69, 9.17) is 9.97 Å². The zero-order valence-corrected chi connectivity index (χ0v) is 35.1. The fourth-order valence-corrected chi connectivity index (χ4v) is 11.3. The number of aryl methyl sites for hydroxylation is 2. The van der Waals surface area contributed by atoms with Gasteiger partial charge in [-0.1, -0.05) is 43.8 Å². The Morgan fingerprint density at radius 1 is 1.03 bits per heavy atom. The number of para-hydroxylation sites is 1. The molecule has 58 heavy (non-hydrogen) atoms. The van der Waals surface area contributed by atoms with E-state index in [1.54, 1.807) is 18.7 Å². The van der Waals surface area contributed by atoms with E-state index in [0.29, 0.717) is 29.1 Å². The van der Waals surface area contributed by atoms with Gasteiger partial charge < -0.3 is 20.3 Å². The number of nitrogens with one attached hydrogen (secondary N) is 2. The molecule has 0 bridgehead atoms. The van der Waals surface area contributed by atoms with Gasteiger partial charge in [0.25, 0.3) is 0 Å². The molecule has 1 aromatic carbocycles. The highest BCUT2D eigenvalue weighted by Crippen LogP contribution is 2.58. The monoisotopic (exact) mass is 813 g/mol. The van der Waals surface area contributed by atoms with Crippen molar-refractivity contribution in [2.75, 3.05) is 43.4 Å². The van der Waals surface area contributed by atoms with Gasteiger partial charge in [0.1, 0.15) is 12.1 Å². The number of aldehydes is 1. The van der Waals surface area contributed by atoms with Crippen LogP contribution in [0.15, 0.2) is 29.2 Å². The Bertz CT molecular complexity index is 2090. The van der Waals surface area contributed by atoms with Crippen LogP contribution in [0.1, 0.15) is 114 Å². The Hall–Kier alpha value is -4.24. The Kier molecular flexibility index (Phi) is 12.0. The van der Waals surface area contributed by atoms with Gasteiger partial charge >= 0.3 is 5.69 Å². The third kappa shape index (κ3) is 7.92. The lowest BCUT2D eigenvalue weighted by Crippen LogP contribution is -2.42. The maximum atomic E-state index is 13.6. The van der Waals surface area contributed by atoms with Gasteiger partial charge in [0.2, 0.25) is 23.7 Å². The highest BCUT2D eigenvalue weighted by molar-refractivity contribution is 7.97. The minimum absolute atomic E-state index is 0.161. The fourth-order valence-electron chi connectivity index (χ4n) is 10.0. The lowest BCUT2D eigenvalue weighted by Gasteiger charge is -2.33. The number of imidazole rings is 1. The predicted molar refractivity (Wildman–Crippen MR) is 226 cm³/mol. The second-order valence-corrected chi connectivity index (χ2v) is 18.7. The lowest BCUT2D eigenvalue weighted by atomic mass is 10.0. The molecule has 2 saturated heterocycles. The molecular formula is C43H59N9O5S. The average Bonchev–Trinajstić information content (AvgIpc) is 3.44. The third-order valence-electron chi connectivity index (χ3n) is 13.6. The SMILES string of the molecule is CNC(=O)CCC(C=O)n1c(=O)n(C)c2c(CCCCCC(=O)N3CCC(SN4CCC(Nc5ncc6c(n5)N(C5CCCC5C)C(=O)C65CC5)CC4)C3)cccc21. The Morgan fingerprint density at radius 2 is 1.84 bits per heavy atom. The van der Waals surface area contributed by atoms with Crippen LogP contribution in [-0.2, 0) is 38.1 Å². The number of piperidine rings is 1. The Balaban J connectivity index is 0.760. The number of unbranched alkanes of at least 4 members (excludes halogenated alkanes) is 2. The summed E-state index contributed by atoms with van der Waals surface area (Å²) < 4.78 is 5.58. The van der Waals surface area contributed by atoms with Crippen LogP contribution in [0.5, 0.6) is 0 Å². The van der Waals surface area contributed by atoms with Crippen LogP contribution in [0.25, 0.3) is 11.0 Å². The molecule has 3 aromatic rings. The maximum Gasteiger partial charge on any atom is 0.329 e. The van der Waals surface area contributed by atoms with E-state index in [9.17, 15) is 24.0 Å². The van der Waals surface area contributed by atoms with Crippen molar-refractivity contribution < 1.29 is 19.2 Å². The summed E-state index contributed by atoms with van der Waals surface area (Å²) in [6.45, 7) is 5.80. The minimum atomic E-state index is -0.716. The maximum absolute atomic E-state index is 13.6. The van der Waals surface area contributed by atoms with Gasteiger partial charge in [0, 0.05) is 82.2 Å². The summed E-state index contributed by atoms with van der Waals surface area (Å²) in [7, 11) is 3.29. The van der Waals surface area contributed by atoms with Crippen LogP contribution in [0.4, 0.5) is 11.8 Å². The molecule has 5 heterocycles. The number of carbonyl (C=O) groups excluding carboxylic acids is 4. The molecule has 8 rings (SSSR count). The fraction of sp³-hybridized carbons (Fsp3) is 0.651. The van der Waals surface area contributed by atoms with Crippen molar-refractivity contribution in [2.45, 2.75) is 132 Å². The van der Waals surface area contributed by atoms with E-state index >= 15 is 0 Å². The number of nitrogens with zero attached hydrogens (tertiary/aromatic N) is 7. The van der Waals surface area contributed by atoms with E-state index in [1.165, 1.54) is 17.4 Å². The van der Waals surface area contributed by atoms with E-state index in [2.05, 4.69) is 21.9 Å². The first-order valence-electron chi connectivity index (χ1n) is 21.6. The molecule has 4 fully saturated rings. The topological polar surface area (TPSA) is 155 Å². The summed E-state index contributed by atoms with van der Waals surface area (Å²) in [6, 6.07) is 5.61. The van der Waals surface area contributed by atoms with Crippen LogP contribution >= 0.6 is 11.9 Å². The van der Waals surface area contributed by atoms with E-state index in [0.717, 1.165) is 119 Å². The quantitative estimate of drug-likeness (QED) is 0.116. The molecule has 14 nitrogen and oxygen atoms in total. The molecule has 2 aliphatic carbocycles. The number of anilines is 2. The largest absolute Gasteiger partial charge is 0.359 e. The molecule has 312 valence electrons. The second-order valence-electron chi connectivity index (χ2n) is 17.3. The molecule has 2 N–H and O–H groups in total. The molecule has 5 aliphatic rings. The first kappa shape index (κ1) is 40.5. The molecule has 3 amide bonds. The number of hydrogen-bond acceptors (Lipinski definition) is 10. The molecule has 3 aliphatic heterocycles. The Labute approximate surface area is 345 Å². The Morgan fingerprint density at radius 3 is 2.57 bits per heavy atom. The highest BCUT2D eigenvalue weighted by Gasteiger charge is 2.62. The smallest absolute Gasteiger partial charge is 0.329 e. The van der Waals surface area contributed by atoms with Crippen molar-refractivity contribution in [1.29, 1.82) is 0 Å². The lowest BCUT2D eigenvalue weighted by molar-refractivity contribution is -0.130. The summed E-state index contributed by atoms with van der Waals surface area (Å²) in [5.74, 6) is 2.29. The summed E-state index contributed by atoms with van der Waals surface area (Å²) in [6.07, 6.45) is 15.2. The summed E-state index contributed by atoms with van der Waals surface area (Å²) in [4.78, 5) is 77.7. The number of likely N-dealkylation sites (tertiary alicyclic amines) is 1. The minimum Gasteiger partial charge on any atom is -0.359 e. The average molecular weight is 814 g/mol. The molecule has 4 unspecified atom stereocenters. The van der Waals surface area contributed by atoms with Crippen LogP contribution in [-0.4, -0.2) is 103 Å². The molecule has 15 heteroatoms. The highest BCUT2D eigenvalue weighted by atomic mass is 32.2. The second kappa shape index (κ2) is 17.2. The van der Waals surface area contributed by atoms with E-state index in [-0.39, 0.29) is 53.8 Å². The molecule has 2 aromatic heterocycles. The first-order valence-corrected chi connectivity index (χ1v) is 22.5. The molecule has 4 atom stereocenters. The summed E-state index contributed by atoms with van der Waals surface area (Å²) >= 11 is 1.91. The van der Waals surface area contributed by atoms with Crippen molar-refractivity contribution in [2.24, 2.45) is 13.0 Å². The standard InChI is InChI=1S/C43H59N9O5S/c1-28-9-7-12-34(28)52-39-33(43(20-21-43)40(52)56)25-45-41(47-39)46-30-17-23-50(24-18-30)58-32-19-22-49(26-32)37(55)14-6-4-5-10-29-11-8-13-35-38(29)48(3)42(57)51(35)31(27-53)15-16-36(54)44-2/h8,11,13,25,27-28,30-32,34H,4-7,9-10,12,14-24,26H2,1-3H3,(H,44,54)(H,45,46,47). The van der Waals surface area contributed by atoms with Gasteiger partial charge in [-0.15, -0.1) is 0 Å². The van der Waals surface area contributed by atoms with Gasteiger partial charge in [-0.25, -0.2) is 9.78 Å². The predicted octanol–water partition coefficient (Wildman–Crippen LogP) is 4.89. The van der Waals surface area contributed by atoms with E-state index in [1.807, 2.05) is 46.1 Å². The molecule has 1 spiro atoms. The first-order chi connectivity index (χ1) is 28.1. The van der Waals surface area contributed by atoms with Crippen LogP contribution in [0, 0.1) is 5.92 Å². The van der Waals surface area contributed by atoms with Gasteiger partial charge in [-0.3, -0.25) is 32.7 Å². The van der Waals surface area contributed by atoms with E-state index < -0.39 is 6.04 Å². The van der Waals surface area contributed by atoms with Gasteiger partial charge in [-0.05, 0) is 88.2 Å². The normalized spacial score (nSPS) is 23.5. The number of benzene rings is 1. The van der Waals surface area contributed by atoms with Crippen molar-refractivity contribution in [3.8, 4) is 0 Å². The van der Waals surface area contributed by atoms with Crippen molar-refractivity contribution >= 4 is 58.8 Å². The summed E-state index contributed by atoms with van der Waals surface area (Å²) in [5.41, 5.74) is 2.96.